The molecule has 1 aromatic heterocycles. The normalized spacial score (nSPS) is 13.8. The Bertz CT molecular complexity index is 417. The highest BCUT2D eigenvalue weighted by Gasteiger charge is 2.23. The molecule has 5 heteroatoms. The predicted octanol–water partition coefficient (Wildman–Crippen LogP) is 1.81. The van der Waals surface area contributed by atoms with Crippen molar-refractivity contribution >= 4 is 5.78 Å². The zero-order valence-electron chi connectivity index (χ0n) is 12.7. The molecule has 1 rings (SSSR count). The van der Waals surface area contributed by atoms with Gasteiger partial charge in [-0.25, -0.2) is 9.67 Å². The molecule has 0 fully saturated rings. The molecule has 0 amide bonds. The molecule has 0 aliphatic carbocycles. The minimum Gasteiger partial charge on any atom is -0.327 e. The first-order valence-electron chi connectivity index (χ1n) is 6.84. The first-order chi connectivity index (χ1) is 8.70. The maximum Gasteiger partial charge on any atom is 0.142 e. The van der Waals surface area contributed by atoms with E-state index in [0.717, 1.165) is 12.4 Å². The number of nitrogens with two attached hydrogens (primary N) is 1. The van der Waals surface area contributed by atoms with E-state index in [1.807, 2.05) is 25.5 Å². The summed E-state index contributed by atoms with van der Waals surface area (Å²) in [4.78, 5) is 16.2. The van der Waals surface area contributed by atoms with Crippen molar-refractivity contribution in [1.82, 2.24) is 14.8 Å². The van der Waals surface area contributed by atoms with Gasteiger partial charge in [0.25, 0.3) is 0 Å². The summed E-state index contributed by atoms with van der Waals surface area (Å²) in [5, 5.41) is 4.16. The molecule has 0 aliphatic heterocycles. The maximum absolute atomic E-state index is 12.0. The molecular formula is C14H26N4O. The van der Waals surface area contributed by atoms with Crippen LogP contribution in [-0.4, -0.2) is 26.6 Å². The number of nitrogens with zero attached hydrogens (tertiary/aromatic N) is 3. The number of Topliss-reactive ketones (excluding diaryl/α,β-unsaturated/α-hetero) is 1. The Hall–Kier alpha value is -1.23. The molecule has 0 saturated carbocycles. The highest BCUT2D eigenvalue weighted by Crippen LogP contribution is 2.20. The summed E-state index contributed by atoms with van der Waals surface area (Å²) >= 11 is 0. The van der Waals surface area contributed by atoms with Crippen LogP contribution in [0.4, 0.5) is 0 Å². The van der Waals surface area contributed by atoms with E-state index in [2.05, 4.69) is 23.9 Å². The third-order valence-corrected chi connectivity index (χ3v) is 3.15. The fourth-order valence-corrected chi connectivity index (χ4v) is 1.72. The number of aromatic nitrogens is 3. The Morgan fingerprint density at radius 2 is 2.05 bits per heavy atom. The zero-order valence-corrected chi connectivity index (χ0v) is 12.7. The standard InChI is InChI=1S/C14H26N4O/c1-10(2)8-18-13(16-9-17-18)7-11(19)6-12(15)14(3,4)5/h9-10,12H,6-8,15H2,1-5H3. The number of carbonyl (C=O) groups excluding carboxylic acids is 1. The molecule has 1 atom stereocenters. The lowest BCUT2D eigenvalue weighted by Crippen LogP contribution is -2.37. The smallest absolute Gasteiger partial charge is 0.142 e. The molecule has 19 heavy (non-hydrogen) atoms. The van der Waals surface area contributed by atoms with Crippen molar-refractivity contribution in [3.8, 4) is 0 Å². The monoisotopic (exact) mass is 266 g/mol. The van der Waals surface area contributed by atoms with Crippen LogP contribution in [-0.2, 0) is 17.8 Å². The Morgan fingerprint density at radius 3 is 2.58 bits per heavy atom. The van der Waals surface area contributed by atoms with Gasteiger partial charge < -0.3 is 5.73 Å². The lowest BCUT2D eigenvalue weighted by atomic mass is 9.84. The van der Waals surface area contributed by atoms with Gasteiger partial charge in [0.1, 0.15) is 17.9 Å². The molecule has 0 aliphatic rings. The summed E-state index contributed by atoms with van der Waals surface area (Å²) in [6, 6.07) is -0.124. The summed E-state index contributed by atoms with van der Waals surface area (Å²) in [6.07, 6.45) is 2.21. The van der Waals surface area contributed by atoms with Crippen LogP contribution in [0.5, 0.6) is 0 Å². The summed E-state index contributed by atoms with van der Waals surface area (Å²) in [5.41, 5.74) is 5.98. The molecule has 0 radical (unpaired) electrons. The lowest BCUT2D eigenvalue weighted by Gasteiger charge is -2.26. The Labute approximate surface area is 115 Å². The van der Waals surface area contributed by atoms with Crippen molar-refractivity contribution in [2.75, 3.05) is 0 Å². The molecule has 108 valence electrons. The summed E-state index contributed by atoms with van der Waals surface area (Å²) in [5.74, 6) is 1.34. The van der Waals surface area contributed by atoms with Crippen molar-refractivity contribution in [3.63, 3.8) is 0 Å². The highest BCUT2D eigenvalue weighted by molar-refractivity contribution is 5.80. The van der Waals surface area contributed by atoms with Gasteiger partial charge in [0.15, 0.2) is 0 Å². The van der Waals surface area contributed by atoms with Gasteiger partial charge in [-0.1, -0.05) is 34.6 Å². The Balaban J connectivity index is 2.60. The van der Waals surface area contributed by atoms with E-state index in [-0.39, 0.29) is 17.2 Å². The number of ketones is 1. The lowest BCUT2D eigenvalue weighted by molar-refractivity contribution is -0.119. The van der Waals surface area contributed by atoms with Crippen molar-refractivity contribution < 1.29 is 4.79 Å². The molecule has 1 aromatic rings. The van der Waals surface area contributed by atoms with E-state index < -0.39 is 0 Å². The molecule has 0 saturated heterocycles. The molecule has 0 spiro atoms. The van der Waals surface area contributed by atoms with Crippen molar-refractivity contribution in [3.05, 3.63) is 12.2 Å². The SMILES string of the molecule is CC(C)Cn1ncnc1CC(=O)CC(N)C(C)(C)C. The summed E-state index contributed by atoms with van der Waals surface area (Å²) < 4.78 is 1.81. The average molecular weight is 266 g/mol. The van der Waals surface area contributed by atoms with Crippen LogP contribution in [0.3, 0.4) is 0 Å². The van der Waals surface area contributed by atoms with E-state index in [9.17, 15) is 4.79 Å². The molecular weight excluding hydrogens is 240 g/mol. The zero-order chi connectivity index (χ0) is 14.6. The minimum atomic E-state index is -0.124. The van der Waals surface area contributed by atoms with Gasteiger partial charge in [-0.15, -0.1) is 0 Å². The third kappa shape index (κ3) is 5.11. The van der Waals surface area contributed by atoms with Crippen LogP contribution in [0, 0.1) is 11.3 Å². The summed E-state index contributed by atoms with van der Waals surface area (Å²) in [6.45, 7) is 11.2. The number of rotatable bonds is 6. The minimum absolute atomic E-state index is 0.0543. The molecule has 2 N–H and O–H groups in total. The van der Waals surface area contributed by atoms with Gasteiger partial charge in [-0.3, -0.25) is 4.79 Å². The molecule has 1 heterocycles. The second-order valence-corrected chi connectivity index (χ2v) is 6.64. The fourth-order valence-electron chi connectivity index (χ4n) is 1.72. The number of hydrogen-bond acceptors (Lipinski definition) is 4. The third-order valence-electron chi connectivity index (χ3n) is 3.15. The van der Waals surface area contributed by atoms with E-state index in [0.29, 0.717) is 18.8 Å². The summed E-state index contributed by atoms with van der Waals surface area (Å²) in [7, 11) is 0. The molecule has 0 bridgehead atoms. The largest absolute Gasteiger partial charge is 0.327 e. The van der Waals surface area contributed by atoms with Crippen LogP contribution in [0.25, 0.3) is 0 Å². The Kier molecular flexibility index (Phi) is 5.23. The van der Waals surface area contributed by atoms with Crippen molar-refractivity contribution in [1.29, 1.82) is 0 Å². The highest BCUT2D eigenvalue weighted by atomic mass is 16.1. The van der Waals surface area contributed by atoms with Crippen LogP contribution < -0.4 is 5.73 Å². The van der Waals surface area contributed by atoms with Gasteiger partial charge >= 0.3 is 0 Å². The second-order valence-electron chi connectivity index (χ2n) is 6.64. The quantitative estimate of drug-likeness (QED) is 0.852. The molecule has 0 aromatic carbocycles. The van der Waals surface area contributed by atoms with Crippen LogP contribution >= 0.6 is 0 Å². The first-order valence-corrected chi connectivity index (χ1v) is 6.84. The first kappa shape index (κ1) is 15.8. The topological polar surface area (TPSA) is 73.8 Å². The predicted molar refractivity (Wildman–Crippen MR) is 75.6 cm³/mol. The number of hydrogen-bond donors (Lipinski definition) is 1. The van der Waals surface area contributed by atoms with Gasteiger partial charge in [0, 0.05) is 19.0 Å². The van der Waals surface area contributed by atoms with Gasteiger partial charge in [-0.05, 0) is 11.3 Å². The van der Waals surface area contributed by atoms with E-state index in [1.54, 1.807) is 0 Å². The van der Waals surface area contributed by atoms with Crippen LogP contribution in [0.1, 0.15) is 46.9 Å². The van der Waals surface area contributed by atoms with E-state index in [1.165, 1.54) is 6.33 Å². The Morgan fingerprint density at radius 1 is 1.42 bits per heavy atom. The van der Waals surface area contributed by atoms with E-state index >= 15 is 0 Å². The molecule has 5 nitrogen and oxygen atoms in total. The van der Waals surface area contributed by atoms with Crippen LogP contribution in [0.15, 0.2) is 6.33 Å². The molecule has 1 unspecified atom stereocenters. The maximum atomic E-state index is 12.0. The fraction of sp³-hybridized carbons (Fsp3) is 0.786. The van der Waals surface area contributed by atoms with E-state index in [4.69, 9.17) is 5.73 Å². The average Bonchev–Trinajstić information content (AvgIpc) is 2.63. The number of carbonyl (C=O) groups is 1. The second kappa shape index (κ2) is 6.28. The van der Waals surface area contributed by atoms with Crippen LogP contribution in [0.2, 0.25) is 0 Å². The van der Waals surface area contributed by atoms with Crippen molar-refractivity contribution in [2.24, 2.45) is 17.1 Å². The van der Waals surface area contributed by atoms with Gasteiger partial charge in [0.2, 0.25) is 0 Å². The van der Waals surface area contributed by atoms with Crippen molar-refractivity contribution in [2.45, 2.75) is 60.0 Å². The van der Waals surface area contributed by atoms with Gasteiger partial charge in [0.05, 0.1) is 6.42 Å². The van der Waals surface area contributed by atoms with Gasteiger partial charge in [-0.2, -0.15) is 5.10 Å².